The van der Waals surface area contributed by atoms with Gasteiger partial charge in [0.2, 0.25) is 0 Å². The van der Waals surface area contributed by atoms with E-state index < -0.39 is 0 Å². The van der Waals surface area contributed by atoms with Gasteiger partial charge in [-0.25, -0.2) is 4.98 Å². The molecule has 3 nitrogen and oxygen atoms in total. The predicted octanol–water partition coefficient (Wildman–Crippen LogP) is 3.26. The van der Waals surface area contributed by atoms with Gasteiger partial charge in [-0.05, 0) is 50.6 Å². The molecule has 0 radical (unpaired) electrons. The number of rotatable bonds is 2. The molecule has 19 heavy (non-hydrogen) atoms. The Hall–Kier alpha value is -1.06. The number of nitrogens with one attached hydrogen (secondary N) is 1. The van der Waals surface area contributed by atoms with E-state index in [1.165, 1.54) is 5.82 Å². The van der Waals surface area contributed by atoms with E-state index in [0.29, 0.717) is 0 Å². The number of hydrogen-bond donors (Lipinski definition) is 1. The van der Waals surface area contributed by atoms with Crippen molar-refractivity contribution >= 4 is 22.6 Å². The molecule has 0 atom stereocenters. The molecule has 1 fully saturated rings. The summed E-state index contributed by atoms with van der Waals surface area (Å²) < 4.78 is 2.23. The summed E-state index contributed by atoms with van der Waals surface area (Å²) in [4.78, 5) is 4.90. The van der Waals surface area contributed by atoms with Gasteiger partial charge in [0, 0.05) is 17.5 Å². The Kier molecular flexibility index (Phi) is 3.27. The molecular weight excluding hydrogens is 258 g/mol. The molecule has 0 spiro atoms. The summed E-state index contributed by atoms with van der Waals surface area (Å²) in [5.41, 5.74) is 2.40. The highest BCUT2D eigenvalue weighted by Gasteiger charge is 2.36. The van der Waals surface area contributed by atoms with Gasteiger partial charge in [0.05, 0.1) is 11.0 Å². The number of piperidine rings is 1. The number of aromatic nitrogens is 2. The zero-order valence-electron chi connectivity index (χ0n) is 11.5. The normalized spacial score (nSPS) is 18.9. The molecule has 1 aromatic carbocycles. The van der Waals surface area contributed by atoms with E-state index in [-0.39, 0.29) is 5.41 Å². The Morgan fingerprint density at radius 3 is 2.79 bits per heavy atom. The highest BCUT2D eigenvalue weighted by atomic mass is 35.5. The monoisotopic (exact) mass is 277 g/mol. The van der Waals surface area contributed by atoms with Gasteiger partial charge in [-0.3, -0.25) is 0 Å². The van der Waals surface area contributed by atoms with Crippen LogP contribution in [0.4, 0.5) is 0 Å². The molecule has 1 aliphatic rings. The SMILES string of the molecule is CCC1(c2nc3ccc(Cl)cc3n2C)CCNCC1. The van der Waals surface area contributed by atoms with Gasteiger partial charge in [0.15, 0.2) is 0 Å². The first-order valence-corrected chi connectivity index (χ1v) is 7.37. The Morgan fingerprint density at radius 2 is 2.11 bits per heavy atom. The third-order valence-electron chi connectivity index (χ3n) is 4.55. The van der Waals surface area contributed by atoms with E-state index in [2.05, 4.69) is 23.9 Å². The molecule has 3 rings (SSSR count). The minimum atomic E-state index is 0.214. The van der Waals surface area contributed by atoms with Crippen LogP contribution in [0.5, 0.6) is 0 Å². The van der Waals surface area contributed by atoms with Crippen LogP contribution in [0.1, 0.15) is 32.0 Å². The van der Waals surface area contributed by atoms with Gasteiger partial charge in [0.25, 0.3) is 0 Å². The van der Waals surface area contributed by atoms with Crippen LogP contribution in [-0.2, 0) is 12.5 Å². The minimum absolute atomic E-state index is 0.214. The molecule has 0 saturated carbocycles. The van der Waals surface area contributed by atoms with E-state index in [1.807, 2.05) is 18.2 Å². The topological polar surface area (TPSA) is 29.9 Å². The molecule has 0 aliphatic carbocycles. The molecule has 2 aromatic rings. The summed E-state index contributed by atoms with van der Waals surface area (Å²) in [5, 5.41) is 4.22. The largest absolute Gasteiger partial charge is 0.331 e. The van der Waals surface area contributed by atoms with Gasteiger partial charge in [0.1, 0.15) is 5.82 Å². The summed E-state index contributed by atoms with van der Waals surface area (Å²) in [6.45, 7) is 4.44. The predicted molar refractivity (Wildman–Crippen MR) is 79.8 cm³/mol. The quantitative estimate of drug-likeness (QED) is 0.913. The van der Waals surface area contributed by atoms with Crippen molar-refractivity contribution in [2.75, 3.05) is 13.1 Å². The average Bonchev–Trinajstić information content (AvgIpc) is 2.77. The molecule has 102 valence electrons. The second-order valence-corrected chi connectivity index (χ2v) is 5.95. The van der Waals surface area contributed by atoms with Crippen molar-refractivity contribution in [3.05, 3.63) is 29.0 Å². The number of halogens is 1. The molecule has 1 aliphatic heterocycles. The summed E-state index contributed by atoms with van der Waals surface area (Å²) in [5.74, 6) is 1.22. The maximum Gasteiger partial charge on any atom is 0.115 e. The van der Waals surface area contributed by atoms with Gasteiger partial charge < -0.3 is 9.88 Å². The summed E-state index contributed by atoms with van der Waals surface area (Å²) >= 11 is 6.10. The van der Waals surface area contributed by atoms with Crippen LogP contribution in [0.25, 0.3) is 11.0 Å². The zero-order chi connectivity index (χ0) is 13.5. The van der Waals surface area contributed by atoms with E-state index >= 15 is 0 Å². The molecular formula is C15H20ClN3. The first-order chi connectivity index (χ1) is 9.16. The second-order valence-electron chi connectivity index (χ2n) is 5.51. The number of aryl methyl sites for hydroxylation is 1. The van der Waals surface area contributed by atoms with E-state index in [1.54, 1.807) is 0 Å². The fourth-order valence-corrected chi connectivity index (χ4v) is 3.44. The third kappa shape index (κ3) is 2.05. The lowest BCUT2D eigenvalue weighted by Crippen LogP contribution is -2.41. The molecule has 1 aromatic heterocycles. The minimum Gasteiger partial charge on any atom is -0.331 e. The third-order valence-corrected chi connectivity index (χ3v) is 4.79. The summed E-state index contributed by atoms with van der Waals surface area (Å²) in [7, 11) is 2.11. The Balaban J connectivity index is 2.15. The lowest BCUT2D eigenvalue weighted by atomic mass is 9.76. The Bertz CT molecular complexity index is 597. The number of nitrogens with zero attached hydrogens (tertiary/aromatic N) is 2. The van der Waals surface area contributed by atoms with Crippen molar-refractivity contribution in [2.24, 2.45) is 7.05 Å². The van der Waals surface area contributed by atoms with Gasteiger partial charge in [-0.2, -0.15) is 0 Å². The number of imidazole rings is 1. The summed E-state index contributed by atoms with van der Waals surface area (Å²) in [6.07, 6.45) is 3.46. The Morgan fingerprint density at radius 1 is 1.37 bits per heavy atom. The molecule has 1 saturated heterocycles. The number of fused-ring (bicyclic) bond motifs is 1. The van der Waals surface area contributed by atoms with Crippen LogP contribution in [0.15, 0.2) is 18.2 Å². The van der Waals surface area contributed by atoms with Crippen molar-refractivity contribution in [1.29, 1.82) is 0 Å². The molecule has 2 heterocycles. The van der Waals surface area contributed by atoms with Gasteiger partial charge in [-0.1, -0.05) is 18.5 Å². The molecule has 1 N–H and O–H groups in total. The maximum atomic E-state index is 6.10. The maximum absolute atomic E-state index is 6.10. The molecule has 4 heteroatoms. The smallest absolute Gasteiger partial charge is 0.115 e. The van der Waals surface area contributed by atoms with Crippen molar-refractivity contribution in [3.8, 4) is 0 Å². The standard InChI is InChI=1S/C15H20ClN3/c1-3-15(6-8-17-9-7-15)14-18-12-5-4-11(16)10-13(12)19(14)2/h4-5,10,17H,3,6-9H2,1-2H3. The van der Waals surface area contributed by atoms with Crippen molar-refractivity contribution in [3.63, 3.8) is 0 Å². The molecule has 0 amide bonds. The average molecular weight is 278 g/mol. The Labute approximate surface area is 119 Å². The van der Waals surface area contributed by atoms with E-state index in [9.17, 15) is 0 Å². The van der Waals surface area contributed by atoms with Crippen molar-refractivity contribution in [1.82, 2.24) is 14.9 Å². The summed E-state index contributed by atoms with van der Waals surface area (Å²) in [6, 6.07) is 5.95. The van der Waals surface area contributed by atoms with Gasteiger partial charge in [-0.15, -0.1) is 0 Å². The molecule has 0 bridgehead atoms. The first kappa shape index (κ1) is 12.9. The first-order valence-electron chi connectivity index (χ1n) is 6.99. The van der Waals surface area contributed by atoms with Crippen LogP contribution in [0.2, 0.25) is 5.02 Å². The van der Waals surface area contributed by atoms with Gasteiger partial charge >= 0.3 is 0 Å². The highest BCUT2D eigenvalue weighted by molar-refractivity contribution is 6.31. The van der Waals surface area contributed by atoms with E-state index in [4.69, 9.17) is 16.6 Å². The van der Waals surface area contributed by atoms with Crippen LogP contribution >= 0.6 is 11.6 Å². The highest BCUT2D eigenvalue weighted by Crippen LogP contribution is 2.37. The van der Waals surface area contributed by atoms with Crippen LogP contribution < -0.4 is 5.32 Å². The van der Waals surface area contributed by atoms with Crippen molar-refractivity contribution < 1.29 is 0 Å². The fourth-order valence-electron chi connectivity index (χ4n) is 3.28. The lowest BCUT2D eigenvalue weighted by Gasteiger charge is -2.36. The molecule has 0 unspecified atom stereocenters. The second kappa shape index (κ2) is 4.80. The zero-order valence-corrected chi connectivity index (χ0v) is 12.3. The van der Waals surface area contributed by atoms with Crippen LogP contribution in [0, 0.1) is 0 Å². The lowest BCUT2D eigenvalue weighted by molar-refractivity contribution is 0.277. The van der Waals surface area contributed by atoms with Crippen molar-refractivity contribution in [2.45, 2.75) is 31.6 Å². The van der Waals surface area contributed by atoms with E-state index in [0.717, 1.165) is 48.4 Å². The van der Waals surface area contributed by atoms with Crippen LogP contribution in [-0.4, -0.2) is 22.6 Å². The fraction of sp³-hybridized carbons (Fsp3) is 0.533. The number of hydrogen-bond acceptors (Lipinski definition) is 2. The van der Waals surface area contributed by atoms with Crippen LogP contribution in [0.3, 0.4) is 0 Å². The number of benzene rings is 1.